The predicted molar refractivity (Wildman–Crippen MR) is 92.6 cm³/mol. The monoisotopic (exact) mass is 343 g/mol. The molecule has 0 spiro atoms. The van der Waals surface area contributed by atoms with Gasteiger partial charge in [-0.15, -0.1) is 10.2 Å². The minimum absolute atomic E-state index is 0.0287. The van der Waals surface area contributed by atoms with E-state index in [0.717, 1.165) is 48.8 Å². The van der Waals surface area contributed by atoms with E-state index in [1.807, 2.05) is 31.2 Å². The Hall–Kier alpha value is -2.83. The first-order valence-electron chi connectivity index (χ1n) is 8.20. The van der Waals surface area contributed by atoms with Crippen molar-refractivity contribution in [3.8, 4) is 11.5 Å². The van der Waals surface area contributed by atoms with Crippen LogP contribution in [0.1, 0.15) is 28.9 Å². The Kier molecular flexibility index (Phi) is 5.02. The third-order valence-electron chi connectivity index (χ3n) is 4.28. The number of ether oxygens (including phenoxy) is 2. The number of carboxylic acid groups (broad SMARTS) is 1. The van der Waals surface area contributed by atoms with Crippen LogP contribution >= 0.6 is 0 Å². The van der Waals surface area contributed by atoms with Gasteiger partial charge in [0.25, 0.3) is 0 Å². The van der Waals surface area contributed by atoms with Gasteiger partial charge in [0.05, 0.1) is 7.11 Å². The highest BCUT2D eigenvalue weighted by atomic mass is 16.5. The average molecular weight is 343 g/mol. The second-order valence-electron chi connectivity index (χ2n) is 6.02. The maximum absolute atomic E-state index is 11.0. The molecule has 0 atom stereocenters. The van der Waals surface area contributed by atoms with Gasteiger partial charge in [-0.2, -0.15) is 0 Å². The van der Waals surface area contributed by atoms with Crippen molar-refractivity contribution in [2.24, 2.45) is 0 Å². The molecule has 1 aromatic carbocycles. The van der Waals surface area contributed by atoms with Crippen molar-refractivity contribution in [1.29, 1.82) is 0 Å². The summed E-state index contributed by atoms with van der Waals surface area (Å²) in [5, 5.41) is 16.9. The lowest BCUT2D eigenvalue weighted by Crippen LogP contribution is -2.39. The Morgan fingerprint density at radius 1 is 1.16 bits per heavy atom. The number of hydrogen-bond donors (Lipinski definition) is 1. The zero-order valence-electron chi connectivity index (χ0n) is 14.3. The van der Waals surface area contributed by atoms with E-state index < -0.39 is 5.97 Å². The molecule has 7 heteroatoms. The summed E-state index contributed by atoms with van der Waals surface area (Å²) < 4.78 is 11.2. The van der Waals surface area contributed by atoms with Crippen molar-refractivity contribution >= 4 is 11.8 Å². The zero-order valence-corrected chi connectivity index (χ0v) is 14.3. The molecule has 0 unspecified atom stereocenters. The molecular formula is C18H21N3O4. The Morgan fingerprint density at radius 2 is 1.80 bits per heavy atom. The lowest BCUT2D eigenvalue weighted by molar-refractivity contribution is 0.0689. The first kappa shape index (κ1) is 17.0. The molecule has 2 aromatic rings. The summed E-state index contributed by atoms with van der Waals surface area (Å²) >= 11 is 0. The smallest absolute Gasteiger partial charge is 0.356 e. The van der Waals surface area contributed by atoms with E-state index in [0.29, 0.717) is 0 Å². The van der Waals surface area contributed by atoms with Crippen LogP contribution < -0.4 is 14.4 Å². The zero-order chi connectivity index (χ0) is 17.8. The van der Waals surface area contributed by atoms with Gasteiger partial charge in [0.2, 0.25) is 0 Å². The maximum atomic E-state index is 11.0. The van der Waals surface area contributed by atoms with Gasteiger partial charge in [-0.1, -0.05) is 0 Å². The van der Waals surface area contributed by atoms with Crippen molar-refractivity contribution in [1.82, 2.24) is 10.2 Å². The summed E-state index contributed by atoms with van der Waals surface area (Å²) in [5.41, 5.74) is 0.792. The van der Waals surface area contributed by atoms with Gasteiger partial charge >= 0.3 is 5.97 Å². The van der Waals surface area contributed by atoms with E-state index in [1.54, 1.807) is 13.2 Å². The summed E-state index contributed by atoms with van der Waals surface area (Å²) in [6.45, 7) is 3.45. The molecule has 0 saturated carbocycles. The lowest BCUT2D eigenvalue weighted by atomic mass is 10.1. The number of rotatable bonds is 5. The number of aromatic nitrogens is 2. The van der Waals surface area contributed by atoms with Crippen molar-refractivity contribution in [2.75, 3.05) is 25.1 Å². The number of nitrogens with zero attached hydrogens (tertiary/aromatic N) is 3. The number of methoxy groups -OCH3 is 1. The molecule has 2 heterocycles. The van der Waals surface area contributed by atoms with Gasteiger partial charge in [-0.3, -0.25) is 0 Å². The molecule has 0 radical (unpaired) electrons. The van der Waals surface area contributed by atoms with E-state index in [1.165, 1.54) is 0 Å². The molecular weight excluding hydrogens is 322 g/mol. The number of anilines is 1. The first-order chi connectivity index (χ1) is 12.1. The topological polar surface area (TPSA) is 84.8 Å². The van der Waals surface area contributed by atoms with Gasteiger partial charge in [0, 0.05) is 25.9 Å². The molecule has 1 saturated heterocycles. The predicted octanol–water partition coefficient (Wildman–Crippen LogP) is 2.54. The Morgan fingerprint density at radius 3 is 2.36 bits per heavy atom. The molecule has 0 amide bonds. The number of hydrogen-bond acceptors (Lipinski definition) is 6. The summed E-state index contributed by atoms with van der Waals surface area (Å²) in [7, 11) is 1.64. The number of piperidine rings is 1. The third kappa shape index (κ3) is 3.99. The van der Waals surface area contributed by atoms with Gasteiger partial charge < -0.3 is 19.5 Å². The second kappa shape index (κ2) is 7.38. The van der Waals surface area contributed by atoms with Crippen LogP contribution in [0.5, 0.6) is 11.5 Å². The third-order valence-corrected chi connectivity index (χ3v) is 4.28. The highest BCUT2D eigenvalue weighted by molar-refractivity contribution is 5.85. The number of carbonyl (C=O) groups is 1. The quantitative estimate of drug-likeness (QED) is 0.893. The molecule has 7 nitrogen and oxygen atoms in total. The van der Waals surface area contributed by atoms with E-state index >= 15 is 0 Å². The van der Waals surface area contributed by atoms with Crippen LogP contribution in [0.3, 0.4) is 0 Å². The highest BCUT2D eigenvalue weighted by Crippen LogP contribution is 2.25. The lowest BCUT2D eigenvalue weighted by Gasteiger charge is -2.33. The van der Waals surface area contributed by atoms with Crippen LogP contribution in [0.2, 0.25) is 0 Å². The molecule has 1 aliphatic heterocycles. The minimum atomic E-state index is -1.06. The Bertz CT molecular complexity index is 740. The largest absolute Gasteiger partial charge is 0.497 e. The van der Waals surface area contributed by atoms with E-state index in [9.17, 15) is 4.79 Å². The van der Waals surface area contributed by atoms with Crippen LogP contribution in [0.15, 0.2) is 30.3 Å². The molecule has 132 valence electrons. The fraction of sp³-hybridized carbons (Fsp3) is 0.389. The van der Waals surface area contributed by atoms with Crippen LogP contribution in [0.4, 0.5) is 5.82 Å². The van der Waals surface area contributed by atoms with Crippen LogP contribution in [0.25, 0.3) is 0 Å². The second-order valence-corrected chi connectivity index (χ2v) is 6.02. The van der Waals surface area contributed by atoms with Gasteiger partial charge in [-0.05, 0) is 42.8 Å². The van der Waals surface area contributed by atoms with Crippen molar-refractivity contribution < 1.29 is 19.4 Å². The fourth-order valence-electron chi connectivity index (χ4n) is 2.93. The molecule has 3 rings (SSSR count). The molecule has 1 aromatic heterocycles. The molecule has 25 heavy (non-hydrogen) atoms. The number of aromatic carboxylic acids is 1. The standard InChI is InChI=1S/C18H21N3O4/c1-12-11-16(18(22)23)19-20-17(12)21-9-7-15(8-10-21)25-14-5-3-13(24-2)4-6-14/h3-6,11,15H,7-10H2,1-2H3,(H,22,23). The molecule has 1 fully saturated rings. The van der Waals surface area contributed by atoms with Crippen LogP contribution in [0, 0.1) is 6.92 Å². The number of carboxylic acids is 1. The van der Waals surface area contributed by atoms with E-state index in [2.05, 4.69) is 15.1 Å². The minimum Gasteiger partial charge on any atom is -0.497 e. The number of aryl methyl sites for hydroxylation is 1. The molecule has 1 N–H and O–H groups in total. The maximum Gasteiger partial charge on any atom is 0.356 e. The molecule has 0 aliphatic carbocycles. The molecule has 1 aliphatic rings. The van der Waals surface area contributed by atoms with Gasteiger partial charge in [0.1, 0.15) is 17.6 Å². The summed E-state index contributed by atoms with van der Waals surface area (Å²) in [6.07, 6.45) is 1.89. The summed E-state index contributed by atoms with van der Waals surface area (Å²) in [6, 6.07) is 9.14. The first-order valence-corrected chi connectivity index (χ1v) is 8.20. The van der Waals surface area contributed by atoms with Crippen molar-refractivity contribution in [3.63, 3.8) is 0 Å². The van der Waals surface area contributed by atoms with E-state index in [-0.39, 0.29) is 11.8 Å². The Balaban J connectivity index is 1.58. The van der Waals surface area contributed by atoms with Crippen molar-refractivity contribution in [2.45, 2.75) is 25.9 Å². The van der Waals surface area contributed by atoms with Crippen molar-refractivity contribution in [3.05, 3.63) is 41.6 Å². The van der Waals surface area contributed by atoms with Crippen LogP contribution in [-0.4, -0.2) is 47.6 Å². The SMILES string of the molecule is COc1ccc(OC2CCN(c3nnc(C(=O)O)cc3C)CC2)cc1. The fourth-order valence-corrected chi connectivity index (χ4v) is 2.93. The van der Waals surface area contributed by atoms with Gasteiger partial charge in [0.15, 0.2) is 11.5 Å². The molecule has 0 bridgehead atoms. The Labute approximate surface area is 146 Å². The van der Waals surface area contributed by atoms with E-state index in [4.69, 9.17) is 14.6 Å². The normalized spacial score (nSPS) is 15.0. The highest BCUT2D eigenvalue weighted by Gasteiger charge is 2.23. The van der Waals surface area contributed by atoms with Crippen LogP contribution in [-0.2, 0) is 0 Å². The average Bonchev–Trinajstić information content (AvgIpc) is 2.63. The number of benzene rings is 1. The van der Waals surface area contributed by atoms with Gasteiger partial charge in [-0.25, -0.2) is 4.79 Å². The summed E-state index contributed by atoms with van der Waals surface area (Å²) in [4.78, 5) is 13.1. The summed E-state index contributed by atoms with van der Waals surface area (Å²) in [5.74, 6) is 1.32.